The molecule has 6 nitrogen and oxygen atoms in total. The molecule has 0 radical (unpaired) electrons. The zero-order chi connectivity index (χ0) is 20.7. The van der Waals surface area contributed by atoms with Crippen molar-refractivity contribution in [2.24, 2.45) is 10.7 Å². The van der Waals surface area contributed by atoms with Crippen molar-refractivity contribution >= 4 is 46.3 Å². The number of nitrogens with one attached hydrogen (secondary N) is 1. The Balaban J connectivity index is 0.000000878. The molecule has 150 valence electrons. The monoisotopic (exact) mass is 423 g/mol. The molecule has 0 fully saturated rings. The highest BCUT2D eigenvalue weighted by Crippen LogP contribution is 2.40. The largest absolute Gasteiger partial charge is 0.483 e. The van der Waals surface area contributed by atoms with E-state index in [0.717, 1.165) is 10.6 Å². The topological polar surface area (TPSA) is 105 Å². The number of aliphatic imine (C=N–C) groups is 1. The number of hydrogen-bond acceptors (Lipinski definition) is 6. The van der Waals surface area contributed by atoms with Crippen molar-refractivity contribution in [3.8, 4) is 0 Å². The number of amides is 1. The number of nitrogens with two attached hydrogens (primary N) is 1. The molecule has 9 heteroatoms. The van der Waals surface area contributed by atoms with Gasteiger partial charge in [-0.05, 0) is 50.1 Å². The Morgan fingerprint density at radius 1 is 1.43 bits per heavy atom. The summed E-state index contributed by atoms with van der Waals surface area (Å²) in [6, 6.07) is 8.33. The molecule has 1 atom stereocenters. The summed E-state index contributed by atoms with van der Waals surface area (Å²) in [5.41, 5.74) is 6.27. The zero-order valence-electron chi connectivity index (χ0n) is 15.6. The zero-order valence-corrected chi connectivity index (χ0v) is 17.2. The number of thioether (sulfide) groups is 1. The minimum atomic E-state index is -0.667. The number of aryl methyl sites for hydroxylation is 1. The molecule has 4 N–H and O–H groups in total. The molecular weight excluding hydrogens is 401 g/mol. The van der Waals surface area contributed by atoms with E-state index in [0.29, 0.717) is 34.1 Å². The maximum atomic E-state index is 14.5. The molecule has 0 spiro atoms. The van der Waals surface area contributed by atoms with E-state index in [9.17, 15) is 9.18 Å². The van der Waals surface area contributed by atoms with Gasteiger partial charge in [-0.2, -0.15) is 0 Å². The lowest BCUT2D eigenvalue weighted by Crippen LogP contribution is -2.32. The molecule has 2 heterocycles. The van der Waals surface area contributed by atoms with E-state index in [1.807, 2.05) is 19.9 Å². The summed E-state index contributed by atoms with van der Waals surface area (Å²) >= 11 is 2.91. The maximum Gasteiger partial charge on any atom is 0.290 e. The van der Waals surface area contributed by atoms with Crippen LogP contribution >= 0.6 is 23.1 Å². The second-order valence-electron chi connectivity index (χ2n) is 6.10. The van der Waals surface area contributed by atoms with Gasteiger partial charge in [0.25, 0.3) is 12.4 Å². The van der Waals surface area contributed by atoms with Crippen LogP contribution in [0.3, 0.4) is 0 Å². The normalized spacial score (nSPS) is 18.5. The van der Waals surface area contributed by atoms with E-state index in [1.165, 1.54) is 29.2 Å². The molecule has 1 aromatic carbocycles. The molecule has 1 aromatic heterocycles. The van der Waals surface area contributed by atoms with Gasteiger partial charge >= 0.3 is 0 Å². The molecule has 1 aliphatic heterocycles. The van der Waals surface area contributed by atoms with Crippen LogP contribution in [0, 0.1) is 12.7 Å². The van der Waals surface area contributed by atoms with Crippen molar-refractivity contribution in [2.75, 3.05) is 11.1 Å². The van der Waals surface area contributed by atoms with Crippen molar-refractivity contribution < 1.29 is 19.1 Å². The number of anilines is 1. The third kappa shape index (κ3) is 5.11. The predicted octanol–water partition coefficient (Wildman–Crippen LogP) is 4.21. The standard InChI is InChI=1S/C18H20FN3OS2.CH2O2/c1-3-18(8-9-24-17(20)22-18)13-10-12(5-6-14(13)19)21-16(23)15-7-4-11(2)25-15;2-1-3/h4-7,10H,3,8-9H2,1-2H3,(H2,20,22)(H,21,23);1H,(H,2,3)/t18-;/m0./s1. The van der Waals surface area contributed by atoms with Gasteiger partial charge in [-0.25, -0.2) is 4.39 Å². The van der Waals surface area contributed by atoms with Gasteiger partial charge in [-0.1, -0.05) is 18.7 Å². The van der Waals surface area contributed by atoms with E-state index in [1.54, 1.807) is 18.2 Å². The number of carbonyl (C=O) groups is 2. The van der Waals surface area contributed by atoms with Crippen LogP contribution in [0.2, 0.25) is 0 Å². The summed E-state index contributed by atoms with van der Waals surface area (Å²) in [7, 11) is 0. The Labute approximate surface area is 171 Å². The molecule has 28 heavy (non-hydrogen) atoms. The highest BCUT2D eigenvalue weighted by molar-refractivity contribution is 8.13. The van der Waals surface area contributed by atoms with Crippen molar-refractivity contribution in [3.05, 3.63) is 51.5 Å². The van der Waals surface area contributed by atoms with Crippen LogP contribution in [0.1, 0.15) is 39.9 Å². The lowest BCUT2D eigenvalue weighted by Gasteiger charge is -2.33. The Bertz CT molecular complexity index is 885. The van der Waals surface area contributed by atoms with E-state index in [4.69, 9.17) is 15.6 Å². The van der Waals surface area contributed by atoms with Gasteiger partial charge in [-0.15, -0.1) is 11.3 Å². The number of carbonyl (C=O) groups excluding carboxylic acids is 1. The van der Waals surface area contributed by atoms with Crippen LogP contribution in [-0.2, 0) is 10.3 Å². The highest BCUT2D eigenvalue weighted by atomic mass is 32.2. The predicted molar refractivity (Wildman–Crippen MR) is 113 cm³/mol. The average molecular weight is 424 g/mol. The van der Waals surface area contributed by atoms with E-state index in [-0.39, 0.29) is 18.2 Å². The SMILES string of the molecule is CC[C@@]1(c2cc(NC(=O)c3ccc(C)s3)ccc2F)CCSC(N)=N1.O=CO. The first-order valence-electron chi connectivity index (χ1n) is 8.59. The lowest BCUT2D eigenvalue weighted by molar-refractivity contribution is -0.122. The Hall–Kier alpha value is -2.39. The molecule has 0 unspecified atom stereocenters. The van der Waals surface area contributed by atoms with Gasteiger partial charge in [-0.3, -0.25) is 14.6 Å². The van der Waals surface area contributed by atoms with Crippen LogP contribution in [0.5, 0.6) is 0 Å². The summed E-state index contributed by atoms with van der Waals surface area (Å²) < 4.78 is 14.5. The van der Waals surface area contributed by atoms with E-state index < -0.39 is 5.54 Å². The van der Waals surface area contributed by atoms with Gasteiger partial charge in [0.1, 0.15) is 5.82 Å². The van der Waals surface area contributed by atoms with Crippen LogP contribution in [0.25, 0.3) is 0 Å². The summed E-state index contributed by atoms with van der Waals surface area (Å²) in [5, 5.41) is 10.2. The van der Waals surface area contributed by atoms with Gasteiger partial charge in [0.2, 0.25) is 0 Å². The fraction of sp³-hybridized carbons (Fsp3) is 0.316. The summed E-state index contributed by atoms with van der Waals surface area (Å²) in [5.74, 6) is 0.284. The molecule has 0 aliphatic carbocycles. The first kappa shape index (κ1) is 21.9. The summed E-state index contributed by atoms with van der Waals surface area (Å²) in [6.45, 7) is 3.68. The molecule has 0 saturated heterocycles. The number of amidine groups is 1. The molecule has 0 bridgehead atoms. The Morgan fingerprint density at radius 3 is 2.71 bits per heavy atom. The second kappa shape index (κ2) is 9.70. The van der Waals surface area contributed by atoms with Gasteiger partial charge in [0.05, 0.1) is 10.4 Å². The van der Waals surface area contributed by atoms with Gasteiger partial charge in [0.15, 0.2) is 5.17 Å². The number of rotatable bonds is 4. The van der Waals surface area contributed by atoms with Crippen LogP contribution in [0.4, 0.5) is 10.1 Å². The Morgan fingerprint density at radius 2 is 2.14 bits per heavy atom. The van der Waals surface area contributed by atoms with E-state index in [2.05, 4.69) is 10.3 Å². The average Bonchev–Trinajstić information content (AvgIpc) is 3.10. The number of hydrogen-bond donors (Lipinski definition) is 3. The first-order chi connectivity index (χ1) is 13.3. The van der Waals surface area contributed by atoms with Crippen molar-refractivity contribution in [1.82, 2.24) is 0 Å². The number of halogens is 1. The lowest BCUT2D eigenvalue weighted by atomic mass is 9.84. The molecule has 1 aliphatic rings. The third-order valence-electron chi connectivity index (χ3n) is 4.36. The van der Waals surface area contributed by atoms with Crippen molar-refractivity contribution in [3.63, 3.8) is 0 Å². The van der Waals surface area contributed by atoms with E-state index >= 15 is 0 Å². The van der Waals surface area contributed by atoms with Crippen LogP contribution in [-0.4, -0.2) is 28.4 Å². The van der Waals surface area contributed by atoms with Gasteiger partial charge in [0, 0.05) is 21.9 Å². The third-order valence-corrected chi connectivity index (χ3v) is 6.16. The smallest absolute Gasteiger partial charge is 0.290 e. The molecule has 2 aromatic rings. The summed E-state index contributed by atoms with van der Waals surface area (Å²) in [4.78, 5) is 27.0. The first-order valence-corrected chi connectivity index (χ1v) is 10.4. The second-order valence-corrected chi connectivity index (χ2v) is 8.50. The number of carboxylic acid groups (broad SMARTS) is 1. The number of thiophene rings is 1. The fourth-order valence-electron chi connectivity index (χ4n) is 2.97. The number of nitrogens with zero attached hydrogens (tertiary/aromatic N) is 1. The van der Waals surface area contributed by atoms with Crippen molar-refractivity contribution in [1.29, 1.82) is 0 Å². The maximum absolute atomic E-state index is 14.5. The molecular formula is C19H22FN3O3S2. The Kier molecular flexibility index (Phi) is 7.59. The molecule has 1 amide bonds. The fourth-order valence-corrected chi connectivity index (χ4v) is 4.62. The van der Waals surface area contributed by atoms with Crippen molar-refractivity contribution in [2.45, 2.75) is 32.2 Å². The van der Waals surface area contributed by atoms with Crippen LogP contribution < -0.4 is 11.1 Å². The van der Waals surface area contributed by atoms with Gasteiger partial charge < -0.3 is 16.2 Å². The minimum Gasteiger partial charge on any atom is -0.483 e. The highest BCUT2D eigenvalue weighted by Gasteiger charge is 2.35. The minimum absolute atomic E-state index is 0.191. The number of benzene rings is 1. The summed E-state index contributed by atoms with van der Waals surface area (Å²) in [6.07, 6.45) is 1.36. The molecule has 0 saturated carbocycles. The quantitative estimate of drug-likeness (QED) is 0.639. The molecule has 3 rings (SSSR count). The van der Waals surface area contributed by atoms with Crippen LogP contribution in [0.15, 0.2) is 35.3 Å².